The average Bonchev–Trinajstić information content (AvgIpc) is 2.79. The fraction of sp³-hybridized carbons (Fsp3) is 0.158. The molecule has 3 aromatic rings. The standard InChI is InChI=1S/C19H18S/c1-14-12-19(15(2)20-14)13-16-8-10-18(11-9-16)17-6-4-3-5-7-17/h3-12H,13H2,1-2H3. The van der Waals surface area contributed by atoms with Gasteiger partial charge in [0.2, 0.25) is 0 Å². The van der Waals surface area contributed by atoms with E-state index in [1.165, 1.54) is 32.0 Å². The Kier molecular flexibility index (Phi) is 3.70. The van der Waals surface area contributed by atoms with Crippen LogP contribution in [0, 0.1) is 13.8 Å². The van der Waals surface area contributed by atoms with Crippen molar-refractivity contribution in [2.75, 3.05) is 0 Å². The summed E-state index contributed by atoms with van der Waals surface area (Å²) < 4.78 is 0. The van der Waals surface area contributed by atoms with E-state index in [-0.39, 0.29) is 0 Å². The molecule has 0 N–H and O–H groups in total. The van der Waals surface area contributed by atoms with Gasteiger partial charge >= 0.3 is 0 Å². The fourth-order valence-electron chi connectivity index (χ4n) is 2.52. The van der Waals surface area contributed by atoms with Crippen LogP contribution in [0.5, 0.6) is 0 Å². The summed E-state index contributed by atoms with van der Waals surface area (Å²) in [6.07, 6.45) is 1.03. The van der Waals surface area contributed by atoms with Crippen LogP contribution in [-0.2, 0) is 6.42 Å². The number of thiophene rings is 1. The van der Waals surface area contributed by atoms with E-state index < -0.39 is 0 Å². The quantitative estimate of drug-likeness (QED) is 0.583. The predicted molar refractivity (Wildman–Crippen MR) is 88.5 cm³/mol. The summed E-state index contributed by atoms with van der Waals surface area (Å²) >= 11 is 1.89. The topological polar surface area (TPSA) is 0 Å². The van der Waals surface area contributed by atoms with Crippen molar-refractivity contribution in [1.29, 1.82) is 0 Å². The van der Waals surface area contributed by atoms with Crippen molar-refractivity contribution < 1.29 is 0 Å². The summed E-state index contributed by atoms with van der Waals surface area (Å²) in [6.45, 7) is 4.39. The number of hydrogen-bond acceptors (Lipinski definition) is 1. The molecule has 100 valence electrons. The van der Waals surface area contributed by atoms with Crippen molar-refractivity contribution in [2.45, 2.75) is 20.3 Å². The molecule has 0 spiro atoms. The molecule has 0 aliphatic carbocycles. The minimum Gasteiger partial charge on any atom is -0.146 e. The maximum atomic E-state index is 2.31. The van der Waals surface area contributed by atoms with Crippen molar-refractivity contribution in [3.8, 4) is 11.1 Å². The van der Waals surface area contributed by atoms with Crippen molar-refractivity contribution in [3.05, 3.63) is 81.5 Å². The molecule has 2 aromatic carbocycles. The Bertz CT molecular complexity index is 690. The first kappa shape index (κ1) is 13.1. The maximum Gasteiger partial charge on any atom is 0.00524 e. The van der Waals surface area contributed by atoms with E-state index in [1.54, 1.807) is 0 Å². The largest absolute Gasteiger partial charge is 0.146 e. The Morgan fingerprint density at radius 1 is 0.800 bits per heavy atom. The number of benzene rings is 2. The van der Waals surface area contributed by atoms with Crippen LogP contribution < -0.4 is 0 Å². The van der Waals surface area contributed by atoms with Gasteiger partial charge in [0.1, 0.15) is 0 Å². The molecular weight excluding hydrogens is 260 g/mol. The number of aryl methyl sites for hydroxylation is 2. The molecule has 0 bridgehead atoms. The Balaban J connectivity index is 1.82. The molecule has 0 radical (unpaired) electrons. The molecule has 0 atom stereocenters. The minimum atomic E-state index is 1.03. The third-order valence-electron chi connectivity index (χ3n) is 3.60. The molecule has 0 unspecified atom stereocenters. The molecule has 3 rings (SSSR count). The monoisotopic (exact) mass is 278 g/mol. The van der Waals surface area contributed by atoms with Gasteiger partial charge in [-0.15, -0.1) is 11.3 Å². The van der Waals surface area contributed by atoms with Gasteiger partial charge in [-0.3, -0.25) is 0 Å². The van der Waals surface area contributed by atoms with Gasteiger partial charge in [0.15, 0.2) is 0 Å². The first-order valence-corrected chi connectivity index (χ1v) is 7.74. The van der Waals surface area contributed by atoms with Crippen LogP contribution in [0.2, 0.25) is 0 Å². The van der Waals surface area contributed by atoms with Gasteiger partial charge in [0, 0.05) is 9.75 Å². The van der Waals surface area contributed by atoms with E-state index in [0.29, 0.717) is 0 Å². The Hall–Kier alpha value is -1.86. The molecule has 0 amide bonds. The first-order chi connectivity index (χ1) is 9.72. The van der Waals surface area contributed by atoms with E-state index in [2.05, 4.69) is 74.5 Å². The highest BCUT2D eigenvalue weighted by Gasteiger charge is 2.04. The van der Waals surface area contributed by atoms with Crippen LogP contribution in [0.15, 0.2) is 60.7 Å². The Morgan fingerprint density at radius 2 is 1.45 bits per heavy atom. The van der Waals surface area contributed by atoms with Crippen LogP contribution in [-0.4, -0.2) is 0 Å². The molecule has 20 heavy (non-hydrogen) atoms. The lowest BCUT2D eigenvalue weighted by Crippen LogP contribution is -1.88. The third kappa shape index (κ3) is 2.83. The second kappa shape index (κ2) is 5.64. The van der Waals surface area contributed by atoms with E-state index in [0.717, 1.165) is 6.42 Å². The predicted octanol–water partition coefficient (Wildman–Crippen LogP) is 5.62. The minimum absolute atomic E-state index is 1.03. The second-order valence-corrected chi connectivity index (χ2v) is 6.64. The molecule has 1 heterocycles. The molecule has 0 aliphatic heterocycles. The Labute approximate surface area is 124 Å². The van der Waals surface area contributed by atoms with Crippen molar-refractivity contribution in [2.24, 2.45) is 0 Å². The van der Waals surface area contributed by atoms with Crippen molar-refractivity contribution >= 4 is 11.3 Å². The highest BCUT2D eigenvalue weighted by Crippen LogP contribution is 2.25. The van der Waals surface area contributed by atoms with Gasteiger partial charge in [-0.2, -0.15) is 0 Å². The number of hydrogen-bond donors (Lipinski definition) is 0. The molecule has 0 aliphatic rings. The van der Waals surface area contributed by atoms with Crippen LogP contribution in [0.1, 0.15) is 20.9 Å². The zero-order valence-corrected chi connectivity index (χ0v) is 12.7. The van der Waals surface area contributed by atoms with Crippen LogP contribution in [0.3, 0.4) is 0 Å². The molecule has 1 heteroatoms. The number of rotatable bonds is 3. The molecule has 0 saturated heterocycles. The summed E-state index contributed by atoms with van der Waals surface area (Å²) in [5.41, 5.74) is 5.40. The SMILES string of the molecule is Cc1cc(Cc2ccc(-c3ccccc3)cc2)c(C)s1. The molecule has 0 saturated carbocycles. The van der Waals surface area contributed by atoms with Gasteiger partial charge in [0.25, 0.3) is 0 Å². The lowest BCUT2D eigenvalue weighted by atomic mass is 10.0. The highest BCUT2D eigenvalue weighted by molar-refractivity contribution is 7.12. The average molecular weight is 278 g/mol. The van der Waals surface area contributed by atoms with Gasteiger partial charge in [0.05, 0.1) is 0 Å². The summed E-state index contributed by atoms with van der Waals surface area (Å²) in [6, 6.07) is 21.8. The van der Waals surface area contributed by atoms with Gasteiger partial charge in [-0.1, -0.05) is 54.6 Å². The molecule has 1 aromatic heterocycles. The van der Waals surface area contributed by atoms with Crippen molar-refractivity contribution in [3.63, 3.8) is 0 Å². The molecular formula is C19H18S. The second-order valence-electron chi connectivity index (χ2n) is 5.18. The van der Waals surface area contributed by atoms with Crippen molar-refractivity contribution in [1.82, 2.24) is 0 Å². The summed E-state index contributed by atoms with van der Waals surface area (Å²) in [4.78, 5) is 2.84. The maximum absolute atomic E-state index is 2.31. The molecule has 0 nitrogen and oxygen atoms in total. The Morgan fingerprint density at radius 3 is 2.05 bits per heavy atom. The highest BCUT2D eigenvalue weighted by atomic mass is 32.1. The normalized spacial score (nSPS) is 10.7. The zero-order chi connectivity index (χ0) is 13.9. The third-order valence-corrected chi connectivity index (χ3v) is 4.61. The fourth-order valence-corrected chi connectivity index (χ4v) is 3.47. The zero-order valence-electron chi connectivity index (χ0n) is 11.9. The lowest BCUT2D eigenvalue weighted by Gasteiger charge is -2.04. The first-order valence-electron chi connectivity index (χ1n) is 6.92. The van der Waals surface area contributed by atoms with Crippen LogP contribution >= 0.6 is 11.3 Å². The van der Waals surface area contributed by atoms with E-state index in [1.807, 2.05) is 11.3 Å². The van der Waals surface area contributed by atoms with Crippen LogP contribution in [0.4, 0.5) is 0 Å². The van der Waals surface area contributed by atoms with E-state index >= 15 is 0 Å². The smallest absolute Gasteiger partial charge is 0.00524 e. The van der Waals surface area contributed by atoms with Gasteiger partial charge in [-0.05, 0) is 48.6 Å². The van der Waals surface area contributed by atoms with E-state index in [9.17, 15) is 0 Å². The van der Waals surface area contributed by atoms with Gasteiger partial charge < -0.3 is 0 Å². The van der Waals surface area contributed by atoms with Gasteiger partial charge in [-0.25, -0.2) is 0 Å². The molecule has 0 fully saturated rings. The summed E-state index contributed by atoms with van der Waals surface area (Å²) in [5.74, 6) is 0. The lowest BCUT2D eigenvalue weighted by molar-refractivity contribution is 1.18. The summed E-state index contributed by atoms with van der Waals surface area (Å²) in [7, 11) is 0. The summed E-state index contributed by atoms with van der Waals surface area (Å²) in [5, 5.41) is 0. The van der Waals surface area contributed by atoms with Crippen LogP contribution in [0.25, 0.3) is 11.1 Å². The van der Waals surface area contributed by atoms with E-state index in [4.69, 9.17) is 0 Å².